The van der Waals surface area contributed by atoms with E-state index in [1.807, 2.05) is 45.8 Å². The van der Waals surface area contributed by atoms with Crippen molar-refractivity contribution < 1.29 is 4.79 Å². The van der Waals surface area contributed by atoms with Gasteiger partial charge in [0, 0.05) is 56.9 Å². The molecule has 162 valence electrons. The summed E-state index contributed by atoms with van der Waals surface area (Å²) in [4.78, 5) is 15.3. The van der Waals surface area contributed by atoms with Crippen LogP contribution in [0.5, 0.6) is 0 Å². The zero-order valence-corrected chi connectivity index (χ0v) is 18.1. The van der Waals surface area contributed by atoms with Crippen LogP contribution in [0.25, 0.3) is 0 Å². The summed E-state index contributed by atoms with van der Waals surface area (Å²) in [5.41, 5.74) is 2.33. The Hall–Kier alpha value is -3.00. The number of rotatable bonds is 6. The predicted octanol–water partition coefficient (Wildman–Crippen LogP) is 2.29. The fourth-order valence-electron chi connectivity index (χ4n) is 4.78. The van der Waals surface area contributed by atoms with Gasteiger partial charge < -0.3 is 9.88 Å². The van der Waals surface area contributed by atoms with Gasteiger partial charge in [0.05, 0.1) is 6.20 Å². The van der Waals surface area contributed by atoms with Gasteiger partial charge in [-0.15, -0.1) is 10.2 Å². The molecule has 1 aromatic carbocycles. The number of hydrogen-bond donors (Lipinski definition) is 1. The average molecular weight is 420 g/mol. The summed E-state index contributed by atoms with van der Waals surface area (Å²) in [7, 11) is 0. The van der Waals surface area contributed by atoms with E-state index < -0.39 is 0 Å². The molecule has 3 aromatic rings. The summed E-state index contributed by atoms with van der Waals surface area (Å²) >= 11 is 0. The maximum absolute atomic E-state index is 12.8. The van der Waals surface area contributed by atoms with Crippen LogP contribution < -0.4 is 5.32 Å². The zero-order valence-electron chi connectivity index (χ0n) is 18.1. The number of hydrogen-bond acceptors (Lipinski definition) is 5. The van der Waals surface area contributed by atoms with Gasteiger partial charge in [0.1, 0.15) is 5.82 Å². The second kappa shape index (κ2) is 8.26. The lowest BCUT2D eigenvalue weighted by molar-refractivity contribution is 0.0932. The molecule has 1 N–H and O–H groups in total. The Labute approximate surface area is 182 Å². The monoisotopic (exact) mass is 419 g/mol. The molecule has 0 saturated carbocycles. The number of nitrogens with one attached hydrogen (secondary N) is 1. The van der Waals surface area contributed by atoms with Gasteiger partial charge in [-0.1, -0.05) is 30.3 Å². The maximum Gasteiger partial charge on any atom is 0.289 e. The molecule has 0 spiro atoms. The van der Waals surface area contributed by atoms with Crippen molar-refractivity contribution in [1.29, 1.82) is 0 Å². The fraction of sp³-hybridized carbons (Fsp3) is 0.478. The number of fused-ring (bicyclic) bond motifs is 2. The summed E-state index contributed by atoms with van der Waals surface area (Å²) in [5.74, 6) is 2.29. The highest BCUT2D eigenvalue weighted by molar-refractivity contribution is 5.90. The summed E-state index contributed by atoms with van der Waals surface area (Å²) in [6.07, 6.45) is 5.01. The number of likely N-dealkylation sites (tertiary alicyclic amines) is 1. The molecule has 8 heteroatoms. The summed E-state index contributed by atoms with van der Waals surface area (Å²) in [6.45, 7) is 8.59. The van der Waals surface area contributed by atoms with Crippen molar-refractivity contribution in [3.05, 3.63) is 65.5 Å². The molecule has 4 heterocycles. The highest BCUT2D eigenvalue weighted by Gasteiger charge is 2.39. The van der Waals surface area contributed by atoms with Crippen molar-refractivity contribution in [3.63, 3.8) is 0 Å². The number of amides is 1. The van der Waals surface area contributed by atoms with Crippen LogP contribution in [0.1, 0.15) is 47.5 Å². The van der Waals surface area contributed by atoms with Gasteiger partial charge in [0.25, 0.3) is 5.91 Å². The Balaban J connectivity index is 1.22. The molecule has 0 bridgehead atoms. The van der Waals surface area contributed by atoms with E-state index in [9.17, 15) is 4.79 Å². The lowest BCUT2D eigenvalue weighted by Crippen LogP contribution is -2.32. The molecule has 2 atom stereocenters. The zero-order chi connectivity index (χ0) is 21.4. The normalized spacial score (nSPS) is 20.6. The molecule has 0 radical (unpaired) electrons. The van der Waals surface area contributed by atoms with E-state index in [0.29, 0.717) is 30.2 Å². The van der Waals surface area contributed by atoms with Crippen LogP contribution in [0.4, 0.5) is 0 Å². The Kier molecular flexibility index (Phi) is 5.31. The van der Waals surface area contributed by atoms with Crippen LogP contribution in [-0.2, 0) is 26.1 Å². The minimum Gasteiger partial charge on any atom is -0.345 e. The summed E-state index contributed by atoms with van der Waals surface area (Å²) in [6, 6.07) is 10.3. The van der Waals surface area contributed by atoms with Gasteiger partial charge in [0.15, 0.2) is 0 Å². The first kappa shape index (κ1) is 19.9. The average Bonchev–Trinajstić information content (AvgIpc) is 3.49. The molecule has 0 aliphatic carbocycles. The summed E-state index contributed by atoms with van der Waals surface area (Å²) < 4.78 is 4.04. The smallest absolute Gasteiger partial charge is 0.289 e. The predicted molar refractivity (Wildman–Crippen MR) is 116 cm³/mol. The van der Waals surface area contributed by atoms with E-state index >= 15 is 0 Å². The fourth-order valence-corrected chi connectivity index (χ4v) is 4.78. The quantitative estimate of drug-likeness (QED) is 0.663. The van der Waals surface area contributed by atoms with Crippen molar-refractivity contribution in [2.75, 3.05) is 13.1 Å². The topological polar surface area (TPSA) is 80.9 Å². The van der Waals surface area contributed by atoms with E-state index in [-0.39, 0.29) is 5.91 Å². The van der Waals surface area contributed by atoms with E-state index in [4.69, 9.17) is 0 Å². The molecule has 8 nitrogen and oxygen atoms in total. The van der Waals surface area contributed by atoms with Crippen molar-refractivity contribution in [2.24, 2.45) is 11.8 Å². The molecular weight excluding hydrogens is 390 g/mol. The molecule has 5 rings (SSSR count). The van der Waals surface area contributed by atoms with Crippen molar-refractivity contribution in [1.82, 2.24) is 34.8 Å². The first-order chi connectivity index (χ1) is 15.1. The standard InChI is InChI=1S/C23H29N7O/c1-16(2)30-12-18(10-25-30)11-28-13-19-8-21-26-27-22(29(21)15-20(19)14-28)23(31)24-9-17-6-4-3-5-7-17/h3-7,10,12,16,19-20H,8-9,11,13-15H2,1-2H3,(H,24,31)/t19-,20+/m1/s1. The van der Waals surface area contributed by atoms with Gasteiger partial charge in [-0.3, -0.25) is 14.4 Å². The Morgan fingerprint density at radius 3 is 2.68 bits per heavy atom. The van der Waals surface area contributed by atoms with Crippen molar-refractivity contribution >= 4 is 5.91 Å². The Morgan fingerprint density at radius 2 is 1.90 bits per heavy atom. The first-order valence-electron chi connectivity index (χ1n) is 11.1. The van der Waals surface area contributed by atoms with Crippen LogP contribution in [-0.4, -0.2) is 48.4 Å². The summed E-state index contributed by atoms with van der Waals surface area (Å²) in [5, 5.41) is 16.0. The number of carbonyl (C=O) groups is 1. The number of aromatic nitrogens is 5. The molecule has 1 fully saturated rings. The lowest BCUT2D eigenvalue weighted by Gasteiger charge is -2.25. The van der Waals surface area contributed by atoms with Gasteiger partial charge >= 0.3 is 0 Å². The highest BCUT2D eigenvalue weighted by Crippen LogP contribution is 2.33. The van der Waals surface area contributed by atoms with Crippen molar-refractivity contribution in [3.8, 4) is 0 Å². The van der Waals surface area contributed by atoms with Gasteiger partial charge in [-0.2, -0.15) is 5.10 Å². The molecule has 1 amide bonds. The number of carbonyl (C=O) groups excluding carboxylic acids is 1. The minimum atomic E-state index is -0.156. The molecule has 0 unspecified atom stereocenters. The molecule has 1 saturated heterocycles. The molecular formula is C23H29N7O. The Morgan fingerprint density at radius 1 is 1.10 bits per heavy atom. The minimum absolute atomic E-state index is 0.156. The molecule has 2 aliphatic rings. The number of nitrogens with zero attached hydrogens (tertiary/aromatic N) is 6. The lowest BCUT2D eigenvalue weighted by atomic mass is 9.89. The van der Waals surface area contributed by atoms with Gasteiger partial charge in [0.2, 0.25) is 5.82 Å². The van der Waals surface area contributed by atoms with Gasteiger partial charge in [-0.25, -0.2) is 0 Å². The van der Waals surface area contributed by atoms with Crippen molar-refractivity contribution in [2.45, 2.75) is 45.9 Å². The molecule has 2 aromatic heterocycles. The van der Waals surface area contributed by atoms with Crippen LogP contribution in [0.2, 0.25) is 0 Å². The second-order valence-electron chi connectivity index (χ2n) is 9.06. The Bertz CT molecular complexity index is 1060. The molecule has 2 aliphatic heterocycles. The van der Waals surface area contributed by atoms with Crippen LogP contribution >= 0.6 is 0 Å². The van der Waals surface area contributed by atoms with Crippen LogP contribution in [0.3, 0.4) is 0 Å². The first-order valence-corrected chi connectivity index (χ1v) is 11.1. The third-order valence-electron chi connectivity index (χ3n) is 6.43. The van der Waals surface area contributed by atoms with Crippen LogP contribution in [0.15, 0.2) is 42.7 Å². The number of benzene rings is 1. The third kappa shape index (κ3) is 4.12. The maximum atomic E-state index is 12.8. The highest BCUT2D eigenvalue weighted by atomic mass is 16.2. The molecule has 31 heavy (non-hydrogen) atoms. The van der Waals surface area contributed by atoms with E-state index in [2.05, 4.69) is 45.6 Å². The van der Waals surface area contributed by atoms with E-state index in [0.717, 1.165) is 44.0 Å². The van der Waals surface area contributed by atoms with E-state index in [1.54, 1.807) is 0 Å². The SMILES string of the molecule is CC(C)n1cc(CN2C[C@H]3Cc4nnc(C(=O)NCc5ccccc5)n4C[C@@H]3C2)cn1. The van der Waals surface area contributed by atoms with Gasteiger partial charge in [-0.05, 0) is 31.2 Å². The largest absolute Gasteiger partial charge is 0.345 e. The van der Waals surface area contributed by atoms with Crippen LogP contribution in [0, 0.1) is 11.8 Å². The van der Waals surface area contributed by atoms with E-state index in [1.165, 1.54) is 5.56 Å². The third-order valence-corrected chi connectivity index (χ3v) is 6.43. The second-order valence-corrected chi connectivity index (χ2v) is 9.06.